The summed E-state index contributed by atoms with van der Waals surface area (Å²) in [6, 6.07) is 0. The molecule has 0 amide bonds. The maximum atomic E-state index is 0. The fraction of sp³-hybridized carbons (Fsp3) is 0. The van der Waals surface area contributed by atoms with Crippen LogP contribution >= 0.6 is 0 Å². The largest absolute Gasteiger partial charge is 0 e. The molecule has 0 aromatic rings. The van der Waals surface area contributed by atoms with Gasteiger partial charge >= 0.3 is 0 Å². The van der Waals surface area contributed by atoms with Gasteiger partial charge in [0.25, 0.3) is 0 Å². The zero-order valence-corrected chi connectivity index (χ0v) is 12.1. The number of hydrogen-bond acceptors (Lipinski definition) is 0. The molecule has 0 nitrogen and oxygen atoms in total. The molecule has 0 N–H and O–H groups in total. The maximum Gasteiger partial charge on any atom is 0 e. The van der Waals surface area contributed by atoms with Crippen LogP contribution in [-0.2, 0) is 85.3 Å². The van der Waals surface area contributed by atoms with Crippen molar-refractivity contribution in [1.82, 2.24) is 0 Å². The predicted molar refractivity (Wildman–Crippen MR) is 0 cm³/mol. The van der Waals surface area contributed by atoms with Crippen LogP contribution in [0.25, 0.3) is 0 Å². The first-order chi connectivity index (χ1) is 0. The summed E-state index contributed by atoms with van der Waals surface area (Å²) in [5, 5.41) is 0. The summed E-state index contributed by atoms with van der Waals surface area (Å²) in [5.41, 5.74) is 0. The third kappa shape index (κ3) is 24.6. The van der Waals surface area contributed by atoms with Gasteiger partial charge < -0.3 is 0 Å². The first kappa shape index (κ1) is 51.0. The second kappa shape index (κ2) is 36.2. The second-order valence-corrected chi connectivity index (χ2v) is 0. The van der Waals surface area contributed by atoms with Crippen LogP contribution in [0, 0.1) is 41.3 Å². The van der Waals surface area contributed by atoms with E-state index in [1.54, 1.807) is 0 Å². The molecule has 0 aliphatic rings. The molecule has 0 atom stereocenters. The molecule has 0 heterocycles. The van der Waals surface area contributed by atoms with Crippen molar-refractivity contribution in [2.24, 2.45) is 0 Å². The molecule has 0 rings (SSSR count). The zero-order chi connectivity index (χ0) is 0. The second-order valence-electron chi connectivity index (χ2n) is 0. The molecule has 0 saturated carbocycles. The Balaban J connectivity index is 0. The molecule has 0 aromatic heterocycles. The summed E-state index contributed by atoms with van der Waals surface area (Å²) in [4.78, 5) is 0. The molecule has 0 unspecified atom stereocenters. The van der Waals surface area contributed by atoms with Gasteiger partial charge in [-0.1, -0.05) is 0 Å². The van der Waals surface area contributed by atoms with Crippen molar-refractivity contribution in [1.29, 1.82) is 0 Å². The Morgan fingerprint density at radius 1 is 0.333 bits per heavy atom. The summed E-state index contributed by atoms with van der Waals surface area (Å²) in [7, 11) is 0. The van der Waals surface area contributed by atoms with Crippen molar-refractivity contribution >= 4 is 0 Å². The third-order valence-corrected chi connectivity index (χ3v) is 0. The van der Waals surface area contributed by atoms with E-state index in [0.29, 0.717) is 0 Å². The molecule has 6 radical (unpaired) electrons. The average Bonchev–Trinajstić information content (AvgIpc) is 0. The fourth-order valence-corrected chi connectivity index (χ4v) is 0. The molecule has 0 aliphatic heterocycles. The molecule has 0 aromatic carbocycles. The third-order valence-electron chi connectivity index (χ3n) is 0. The van der Waals surface area contributed by atoms with E-state index in [9.17, 15) is 0 Å². The van der Waals surface area contributed by atoms with Gasteiger partial charge in [0.05, 0.1) is 0 Å². The van der Waals surface area contributed by atoms with Crippen LogP contribution < -0.4 is 0 Å². The van der Waals surface area contributed by atoms with E-state index in [4.69, 9.17) is 0 Å². The van der Waals surface area contributed by atoms with Crippen molar-refractivity contribution in [2.75, 3.05) is 0 Å². The van der Waals surface area contributed by atoms with Crippen molar-refractivity contribution in [3.63, 3.8) is 0 Å². The molecule has 0 saturated heterocycles. The van der Waals surface area contributed by atoms with E-state index >= 15 is 0 Å². The van der Waals surface area contributed by atoms with Gasteiger partial charge in [-0.25, -0.2) is 0 Å². The van der Waals surface area contributed by atoms with E-state index in [1.165, 1.54) is 0 Å². The Bertz CT molecular complexity index is 3.90. The normalized spacial score (nSPS) is 0. The smallest absolute Gasteiger partial charge is 0 e. The summed E-state index contributed by atoms with van der Waals surface area (Å²) in [6.07, 6.45) is 0. The Morgan fingerprint density at radius 2 is 0.333 bits per heavy atom. The van der Waals surface area contributed by atoms with Gasteiger partial charge in [-0.2, -0.15) is 0 Å². The molecule has 6 heavy (non-hydrogen) atoms. The van der Waals surface area contributed by atoms with Crippen molar-refractivity contribution in [2.45, 2.75) is 0 Å². The fourth-order valence-electron chi connectivity index (χ4n) is 0. The van der Waals surface area contributed by atoms with E-state index in [1.807, 2.05) is 0 Å². The van der Waals surface area contributed by atoms with Crippen LogP contribution in [0.1, 0.15) is 0 Å². The molecule has 38 valence electrons. The molecule has 0 fully saturated rings. The molecule has 0 bridgehead atoms. The van der Waals surface area contributed by atoms with Crippen LogP contribution in [-0.4, -0.2) is 0 Å². The molecule has 0 spiro atoms. The Labute approximate surface area is 124 Å². The quantitative estimate of drug-likeness (QED) is 0.488. The van der Waals surface area contributed by atoms with Gasteiger partial charge in [-0.05, 0) is 0 Å². The van der Waals surface area contributed by atoms with E-state index in [0.717, 1.165) is 0 Å². The summed E-state index contributed by atoms with van der Waals surface area (Å²) in [6.45, 7) is 0. The monoisotopic (exact) mass is 416 g/mol. The van der Waals surface area contributed by atoms with Crippen molar-refractivity contribution in [3.05, 3.63) is 0 Å². The van der Waals surface area contributed by atoms with Gasteiger partial charge in [0.15, 0.2) is 0 Å². The summed E-state index contributed by atoms with van der Waals surface area (Å²) in [5.74, 6) is 0. The Hall–Kier alpha value is 3.96. The number of hydrogen-bond donors (Lipinski definition) is 0. The van der Waals surface area contributed by atoms with Crippen molar-refractivity contribution < 1.29 is 127 Å². The van der Waals surface area contributed by atoms with Crippen LogP contribution in [0.2, 0.25) is 0 Å². The summed E-state index contributed by atoms with van der Waals surface area (Å²) >= 11 is 0. The standard InChI is InChI=1S/5Mn.Pr. The topological polar surface area (TPSA) is 0 Å². The predicted octanol–water partition coefficient (Wildman–Crippen LogP) is -0.0125. The van der Waals surface area contributed by atoms with Gasteiger partial charge in [0.1, 0.15) is 0 Å². The molecule has 0 aliphatic carbocycles. The minimum Gasteiger partial charge on any atom is 0 e. The average molecular weight is 416 g/mol. The van der Waals surface area contributed by atoms with E-state index in [-0.39, 0.29) is 127 Å². The number of rotatable bonds is 0. The SMILES string of the molecule is [Mn].[Mn].[Mn].[Mn].[Mn].[Pr]. The zero-order valence-electron chi connectivity index (χ0n) is 2.47. The molecular formula is Mn5Pr. The van der Waals surface area contributed by atoms with E-state index < -0.39 is 0 Å². The van der Waals surface area contributed by atoms with Crippen LogP contribution in [0.3, 0.4) is 0 Å². The minimum atomic E-state index is 0. The van der Waals surface area contributed by atoms with Gasteiger partial charge in [0.2, 0.25) is 0 Å². The first-order valence-corrected chi connectivity index (χ1v) is 0. The Kier molecular flexibility index (Phi) is 308. The Morgan fingerprint density at radius 3 is 0.333 bits per heavy atom. The van der Waals surface area contributed by atoms with Crippen LogP contribution in [0.4, 0.5) is 0 Å². The van der Waals surface area contributed by atoms with Gasteiger partial charge in [-0.3, -0.25) is 0 Å². The maximum absolute atomic E-state index is 0. The van der Waals surface area contributed by atoms with Gasteiger partial charge in [0, 0.05) is 127 Å². The first-order valence-electron chi connectivity index (χ1n) is 0. The van der Waals surface area contributed by atoms with Gasteiger partial charge in [-0.15, -0.1) is 0 Å². The molecular weight excluding hydrogens is 416 g/mol. The summed E-state index contributed by atoms with van der Waals surface area (Å²) < 4.78 is 0. The van der Waals surface area contributed by atoms with Crippen molar-refractivity contribution in [3.8, 4) is 0 Å². The van der Waals surface area contributed by atoms with E-state index in [2.05, 4.69) is 0 Å². The molecule has 6 heteroatoms. The van der Waals surface area contributed by atoms with Crippen LogP contribution in [0.5, 0.6) is 0 Å². The minimum absolute atomic E-state index is 0. The van der Waals surface area contributed by atoms with Crippen LogP contribution in [0.15, 0.2) is 0 Å².